The zero-order valence-corrected chi connectivity index (χ0v) is 12.8. The number of rotatable bonds is 7. The second kappa shape index (κ2) is 7.93. The van der Waals surface area contributed by atoms with Gasteiger partial charge in [-0.1, -0.05) is 13.3 Å². The minimum absolute atomic E-state index is 0.138. The minimum Gasteiger partial charge on any atom is -0.376 e. The normalized spacial score (nSPS) is 17.7. The molecule has 2 heterocycles. The van der Waals surface area contributed by atoms with Crippen LogP contribution in [0.15, 0.2) is 6.07 Å². The number of aryl methyl sites for hydroxylation is 1. The summed E-state index contributed by atoms with van der Waals surface area (Å²) < 4.78 is 5.49. The predicted octanol–water partition coefficient (Wildman–Crippen LogP) is 1.91. The van der Waals surface area contributed by atoms with Crippen molar-refractivity contribution in [3.8, 4) is 0 Å². The van der Waals surface area contributed by atoms with Gasteiger partial charge in [-0.25, -0.2) is 9.97 Å². The zero-order chi connectivity index (χ0) is 15.1. The Labute approximate surface area is 125 Å². The third-order valence-corrected chi connectivity index (χ3v) is 3.41. The number of unbranched alkanes of at least 4 members (excludes halogenated alkanes) is 1. The van der Waals surface area contributed by atoms with Crippen molar-refractivity contribution in [3.63, 3.8) is 0 Å². The lowest BCUT2D eigenvalue weighted by Crippen LogP contribution is -2.32. The predicted molar refractivity (Wildman–Crippen MR) is 81.5 cm³/mol. The van der Waals surface area contributed by atoms with E-state index in [1.807, 2.05) is 6.92 Å². The van der Waals surface area contributed by atoms with Crippen LogP contribution in [0.4, 0.5) is 5.95 Å². The molecule has 0 radical (unpaired) electrons. The molecule has 116 valence electrons. The first-order valence-electron chi connectivity index (χ1n) is 7.68. The molecule has 6 heteroatoms. The SMILES string of the molecule is CCCCNc1nc(C)cc(C(=O)NCC2CCCO2)n1. The molecule has 6 nitrogen and oxygen atoms in total. The highest BCUT2D eigenvalue weighted by molar-refractivity contribution is 5.92. The fourth-order valence-electron chi connectivity index (χ4n) is 2.24. The topological polar surface area (TPSA) is 76.1 Å². The minimum atomic E-state index is -0.172. The third kappa shape index (κ3) is 4.97. The van der Waals surface area contributed by atoms with Gasteiger partial charge in [0.05, 0.1) is 6.10 Å². The molecular formula is C15H24N4O2. The Morgan fingerprint density at radius 3 is 3.05 bits per heavy atom. The van der Waals surface area contributed by atoms with Gasteiger partial charge in [0, 0.05) is 25.4 Å². The van der Waals surface area contributed by atoms with E-state index >= 15 is 0 Å². The van der Waals surface area contributed by atoms with Crippen molar-refractivity contribution in [3.05, 3.63) is 17.5 Å². The lowest BCUT2D eigenvalue weighted by molar-refractivity contribution is 0.0853. The van der Waals surface area contributed by atoms with Gasteiger partial charge in [-0.05, 0) is 32.3 Å². The van der Waals surface area contributed by atoms with Crippen molar-refractivity contribution in [2.75, 3.05) is 25.0 Å². The summed E-state index contributed by atoms with van der Waals surface area (Å²) in [5.41, 5.74) is 1.19. The van der Waals surface area contributed by atoms with E-state index in [4.69, 9.17) is 4.74 Å². The van der Waals surface area contributed by atoms with Gasteiger partial charge in [0.15, 0.2) is 0 Å². The molecule has 0 bridgehead atoms. The fourth-order valence-corrected chi connectivity index (χ4v) is 2.24. The number of ether oxygens (including phenoxy) is 1. The molecule has 2 rings (SSSR count). The van der Waals surface area contributed by atoms with Crippen LogP contribution in [-0.2, 0) is 4.74 Å². The molecule has 1 aromatic heterocycles. The summed E-state index contributed by atoms with van der Waals surface area (Å²) >= 11 is 0. The molecular weight excluding hydrogens is 268 g/mol. The quantitative estimate of drug-likeness (QED) is 0.751. The molecule has 1 atom stereocenters. The van der Waals surface area contributed by atoms with Crippen LogP contribution >= 0.6 is 0 Å². The van der Waals surface area contributed by atoms with E-state index in [1.54, 1.807) is 6.07 Å². The van der Waals surface area contributed by atoms with E-state index in [9.17, 15) is 4.79 Å². The summed E-state index contributed by atoms with van der Waals surface area (Å²) in [6.07, 6.45) is 4.37. The molecule has 21 heavy (non-hydrogen) atoms. The first-order chi connectivity index (χ1) is 10.2. The summed E-state index contributed by atoms with van der Waals surface area (Å²) in [7, 11) is 0. The van der Waals surface area contributed by atoms with Crippen LogP contribution in [0.3, 0.4) is 0 Å². The second-order valence-electron chi connectivity index (χ2n) is 5.34. The van der Waals surface area contributed by atoms with E-state index in [0.29, 0.717) is 18.2 Å². The van der Waals surface area contributed by atoms with E-state index in [2.05, 4.69) is 27.5 Å². The molecule has 0 saturated carbocycles. The maximum Gasteiger partial charge on any atom is 0.270 e. The molecule has 0 aliphatic carbocycles. The van der Waals surface area contributed by atoms with Gasteiger partial charge in [-0.15, -0.1) is 0 Å². The van der Waals surface area contributed by atoms with Gasteiger partial charge < -0.3 is 15.4 Å². The molecule has 1 unspecified atom stereocenters. The summed E-state index contributed by atoms with van der Waals surface area (Å²) in [6, 6.07) is 1.70. The number of nitrogens with one attached hydrogen (secondary N) is 2. The smallest absolute Gasteiger partial charge is 0.270 e. The number of amides is 1. The number of carbonyl (C=O) groups excluding carboxylic acids is 1. The van der Waals surface area contributed by atoms with Crippen molar-refractivity contribution in [1.82, 2.24) is 15.3 Å². The summed E-state index contributed by atoms with van der Waals surface area (Å²) in [5, 5.41) is 6.03. The highest BCUT2D eigenvalue weighted by Gasteiger charge is 2.17. The number of hydrogen-bond donors (Lipinski definition) is 2. The molecule has 0 aromatic carbocycles. The lowest BCUT2D eigenvalue weighted by Gasteiger charge is -2.11. The standard InChI is InChI=1S/C15H24N4O2/c1-3-4-7-16-15-18-11(2)9-13(19-15)14(20)17-10-12-6-5-8-21-12/h9,12H,3-8,10H2,1-2H3,(H,17,20)(H,16,18,19). The summed E-state index contributed by atoms with van der Waals surface area (Å²) in [4.78, 5) is 20.7. The second-order valence-corrected chi connectivity index (χ2v) is 5.34. The first kappa shape index (κ1) is 15.7. The van der Waals surface area contributed by atoms with Crippen molar-refractivity contribution < 1.29 is 9.53 Å². The Morgan fingerprint density at radius 1 is 1.48 bits per heavy atom. The monoisotopic (exact) mass is 292 g/mol. The molecule has 1 amide bonds. The Balaban J connectivity index is 1.92. The van der Waals surface area contributed by atoms with Gasteiger partial charge in [0.25, 0.3) is 5.91 Å². The Morgan fingerprint density at radius 2 is 2.33 bits per heavy atom. The van der Waals surface area contributed by atoms with Crippen LogP contribution < -0.4 is 10.6 Å². The average molecular weight is 292 g/mol. The number of carbonyl (C=O) groups is 1. The highest BCUT2D eigenvalue weighted by atomic mass is 16.5. The van der Waals surface area contributed by atoms with Crippen LogP contribution in [0.5, 0.6) is 0 Å². The molecule has 2 N–H and O–H groups in total. The van der Waals surface area contributed by atoms with Crippen molar-refractivity contribution in [2.24, 2.45) is 0 Å². The van der Waals surface area contributed by atoms with Crippen LogP contribution in [0.2, 0.25) is 0 Å². The maximum absolute atomic E-state index is 12.2. The van der Waals surface area contributed by atoms with Crippen LogP contribution in [0.25, 0.3) is 0 Å². The van der Waals surface area contributed by atoms with E-state index < -0.39 is 0 Å². The molecule has 1 saturated heterocycles. The molecule has 1 aliphatic rings. The molecule has 1 aromatic rings. The van der Waals surface area contributed by atoms with Crippen molar-refractivity contribution in [2.45, 2.75) is 45.6 Å². The molecule has 1 aliphatic heterocycles. The number of aromatic nitrogens is 2. The van der Waals surface area contributed by atoms with Gasteiger partial charge in [0.2, 0.25) is 5.95 Å². The summed E-state index contributed by atoms with van der Waals surface area (Å²) in [6.45, 7) is 6.14. The Hall–Kier alpha value is -1.69. The lowest BCUT2D eigenvalue weighted by atomic mass is 10.2. The largest absolute Gasteiger partial charge is 0.376 e. The molecule has 0 spiro atoms. The average Bonchev–Trinajstić information content (AvgIpc) is 2.98. The van der Waals surface area contributed by atoms with Crippen molar-refractivity contribution >= 4 is 11.9 Å². The van der Waals surface area contributed by atoms with Gasteiger partial charge in [0.1, 0.15) is 5.69 Å². The third-order valence-electron chi connectivity index (χ3n) is 3.41. The van der Waals surface area contributed by atoms with Gasteiger partial charge >= 0.3 is 0 Å². The van der Waals surface area contributed by atoms with Crippen molar-refractivity contribution in [1.29, 1.82) is 0 Å². The van der Waals surface area contributed by atoms with Crippen LogP contribution in [0, 0.1) is 6.92 Å². The fraction of sp³-hybridized carbons (Fsp3) is 0.667. The zero-order valence-electron chi connectivity index (χ0n) is 12.8. The van der Waals surface area contributed by atoms with Gasteiger partial charge in [-0.3, -0.25) is 4.79 Å². The number of nitrogens with zero attached hydrogens (tertiary/aromatic N) is 2. The first-order valence-corrected chi connectivity index (χ1v) is 7.68. The van der Waals surface area contributed by atoms with E-state index in [1.165, 1.54) is 0 Å². The van der Waals surface area contributed by atoms with Crippen LogP contribution in [0.1, 0.15) is 48.8 Å². The Kier molecular flexibility index (Phi) is 5.92. The summed E-state index contributed by atoms with van der Waals surface area (Å²) in [5.74, 6) is 0.347. The highest BCUT2D eigenvalue weighted by Crippen LogP contribution is 2.11. The van der Waals surface area contributed by atoms with E-state index in [-0.39, 0.29) is 12.0 Å². The molecule has 1 fully saturated rings. The van der Waals surface area contributed by atoms with E-state index in [0.717, 1.165) is 44.5 Å². The number of hydrogen-bond acceptors (Lipinski definition) is 5. The maximum atomic E-state index is 12.2. The van der Waals surface area contributed by atoms with Gasteiger partial charge in [-0.2, -0.15) is 0 Å². The Bertz CT molecular complexity index is 473. The number of anilines is 1. The van der Waals surface area contributed by atoms with Crippen LogP contribution in [-0.4, -0.2) is 41.7 Å².